The number of thioether (sulfide) groups is 1. The second-order valence-electron chi connectivity index (χ2n) is 4.83. The molecule has 2 amide bonds. The van der Waals surface area contributed by atoms with E-state index in [1.807, 2.05) is 0 Å². The van der Waals surface area contributed by atoms with Crippen molar-refractivity contribution < 1.29 is 23.1 Å². The Labute approximate surface area is 129 Å². The first kappa shape index (κ1) is 18.1. The lowest BCUT2D eigenvalue weighted by Crippen LogP contribution is -2.57. The molecule has 21 heavy (non-hydrogen) atoms. The van der Waals surface area contributed by atoms with Crippen LogP contribution < -0.4 is 0 Å². The van der Waals surface area contributed by atoms with E-state index in [9.17, 15) is 18.0 Å². The topological polar surface area (TPSA) is 95.0 Å². The van der Waals surface area contributed by atoms with Gasteiger partial charge in [-0.3, -0.25) is 0 Å². The van der Waals surface area contributed by atoms with E-state index in [1.54, 1.807) is 13.8 Å². The van der Waals surface area contributed by atoms with E-state index in [0.29, 0.717) is 18.1 Å². The van der Waals surface area contributed by atoms with E-state index in [1.165, 1.54) is 23.7 Å². The van der Waals surface area contributed by atoms with E-state index in [2.05, 4.69) is 0 Å². The molecule has 2 atom stereocenters. The number of hydrogen-bond donors (Lipinski definition) is 1. The van der Waals surface area contributed by atoms with Crippen molar-refractivity contribution in [1.82, 2.24) is 9.80 Å². The quantitative estimate of drug-likeness (QED) is 0.793. The van der Waals surface area contributed by atoms with Crippen LogP contribution in [0.5, 0.6) is 0 Å². The molecule has 7 nitrogen and oxygen atoms in total. The average molecular weight is 338 g/mol. The summed E-state index contributed by atoms with van der Waals surface area (Å²) in [6.07, 6.45) is 0.269. The van der Waals surface area contributed by atoms with Gasteiger partial charge in [0.05, 0.1) is 0 Å². The highest BCUT2D eigenvalue weighted by molar-refractivity contribution is 8.01. The van der Waals surface area contributed by atoms with Gasteiger partial charge in [-0.1, -0.05) is 13.8 Å². The van der Waals surface area contributed by atoms with Crippen molar-refractivity contribution in [3.8, 4) is 0 Å². The van der Waals surface area contributed by atoms with Gasteiger partial charge in [0.1, 0.15) is 11.4 Å². The number of urea groups is 1. The Bertz CT molecular complexity index is 494. The van der Waals surface area contributed by atoms with Crippen molar-refractivity contribution in [3.63, 3.8) is 0 Å². The third kappa shape index (κ3) is 4.03. The van der Waals surface area contributed by atoms with Gasteiger partial charge >= 0.3 is 12.0 Å². The molecule has 1 fully saturated rings. The second-order valence-corrected chi connectivity index (χ2v) is 8.43. The molecule has 0 aromatic rings. The maximum Gasteiger partial charge on any atom is 0.326 e. The van der Waals surface area contributed by atoms with Gasteiger partial charge < -0.3 is 14.9 Å². The Morgan fingerprint density at radius 3 is 2.52 bits per heavy atom. The maximum absolute atomic E-state index is 12.5. The highest BCUT2D eigenvalue weighted by Crippen LogP contribution is 2.23. The molecule has 0 radical (unpaired) electrons. The molecule has 1 N–H and O–H groups in total. The summed E-state index contributed by atoms with van der Waals surface area (Å²) in [5.74, 6) is -0.143. The van der Waals surface area contributed by atoms with Gasteiger partial charge in [0.2, 0.25) is 0 Å². The van der Waals surface area contributed by atoms with Crippen LogP contribution in [0.1, 0.15) is 20.3 Å². The van der Waals surface area contributed by atoms with Crippen molar-refractivity contribution in [2.75, 3.05) is 30.9 Å². The van der Waals surface area contributed by atoms with Crippen LogP contribution in [-0.4, -0.2) is 77.6 Å². The second kappa shape index (κ2) is 7.35. The minimum atomic E-state index is -3.39. The number of carboxylic acids is 1. The van der Waals surface area contributed by atoms with E-state index >= 15 is 0 Å². The number of carboxylic acid groups (broad SMARTS) is 1. The van der Waals surface area contributed by atoms with Crippen LogP contribution in [0.4, 0.5) is 4.79 Å². The number of likely N-dealkylation sites (N-methyl/N-ethyl adjacent to an activating group) is 1. The number of nitrogens with zero attached hydrogens (tertiary/aromatic N) is 2. The van der Waals surface area contributed by atoms with Gasteiger partial charge in [0.25, 0.3) is 0 Å². The fourth-order valence-corrected chi connectivity index (χ4v) is 5.20. The van der Waals surface area contributed by atoms with Crippen LogP contribution in [-0.2, 0) is 14.6 Å². The monoisotopic (exact) mass is 338 g/mol. The summed E-state index contributed by atoms with van der Waals surface area (Å²) < 4.78 is 24.2. The SMILES string of the molecule is CCC(C(=O)O)N(C)C(=O)N1CCSCC1S(=O)(=O)CC. The predicted octanol–water partition coefficient (Wildman–Crippen LogP) is 0.711. The predicted molar refractivity (Wildman–Crippen MR) is 82.2 cm³/mol. The number of amides is 2. The summed E-state index contributed by atoms with van der Waals surface area (Å²) in [6.45, 7) is 3.54. The van der Waals surface area contributed by atoms with E-state index in [0.717, 1.165) is 4.90 Å². The normalized spacial score (nSPS) is 20.9. The fraction of sp³-hybridized carbons (Fsp3) is 0.833. The van der Waals surface area contributed by atoms with Crippen molar-refractivity contribution in [3.05, 3.63) is 0 Å². The molecule has 1 saturated heterocycles. The largest absolute Gasteiger partial charge is 0.480 e. The molecule has 2 unspecified atom stereocenters. The molecule has 1 heterocycles. The summed E-state index contributed by atoms with van der Waals surface area (Å²) >= 11 is 1.49. The van der Waals surface area contributed by atoms with Crippen molar-refractivity contribution >= 4 is 33.6 Å². The Balaban J connectivity index is 2.99. The molecule has 0 aliphatic carbocycles. The molecule has 1 aliphatic rings. The summed E-state index contributed by atoms with van der Waals surface area (Å²) in [7, 11) is -1.99. The molecule has 0 saturated carbocycles. The van der Waals surface area contributed by atoms with Crippen LogP contribution in [0.3, 0.4) is 0 Å². The summed E-state index contributed by atoms with van der Waals surface area (Å²) in [4.78, 5) is 26.1. The highest BCUT2D eigenvalue weighted by Gasteiger charge is 2.39. The number of carbonyl (C=O) groups excluding carboxylic acids is 1. The Morgan fingerprint density at radius 1 is 1.43 bits per heavy atom. The fourth-order valence-electron chi connectivity index (χ4n) is 2.24. The third-order valence-corrected chi connectivity index (χ3v) is 6.88. The first-order valence-electron chi connectivity index (χ1n) is 6.81. The zero-order chi connectivity index (χ0) is 16.2. The lowest BCUT2D eigenvalue weighted by Gasteiger charge is -2.38. The zero-order valence-electron chi connectivity index (χ0n) is 12.5. The average Bonchev–Trinajstić information content (AvgIpc) is 2.46. The molecule has 0 bridgehead atoms. The summed E-state index contributed by atoms with van der Waals surface area (Å²) in [5.41, 5.74) is 0. The minimum Gasteiger partial charge on any atom is -0.480 e. The maximum atomic E-state index is 12.5. The molecular formula is C12H22N2O5S2. The summed E-state index contributed by atoms with van der Waals surface area (Å²) in [6, 6.07) is -1.48. The molecule has 9 heteroatoms. The third-order valence-electron chi connectivity index (χ3n) is 3.59. The van der Waals surface area contributed by atoms with E-state index in [-0.39, 0.29) is 12.2 Å². The van der Waals surface area contributed by atoms with Gasteiger partial charge in [-0.05, 0) is 6.42 Å². The Morgan fingerprint density at radius 2 is 2.05 bits per heavy atom. The van der Waals surface area contributed by atoms with Crippen LogP contribution in [0, 0.1) is 0 Å². The van der Waals surface area contributed by atoms with Gasteiger partial charge in [0, 0.05) is 30.9 Å². The van der Waals surface area contributed by atoms with E-state index < -0.39 is 33.3 Å². The minimum absolute atomic E-state index is 0.0398. The van der Waals surface area contributed by atoms with Crippen LogP contribution in [0.25, 0.3) is 0 Å². The molecule has 0 aromatic carbocycles. The van der Waals surface area contributed by atoms with Crippen molar-refractivity contribution in [2.45, 2.75) is 31.7 Å². The van der Waals surface area contributed by atoms with Gasteiger partial charge in [-0.15, -0.1) is 0 Å². The van der Waals surface area contributed by atoms with Crippen molar-refractivity contribution in [2.24, 2.45) is 0 Å². The lowest BCUT2D eigenvalue weighted by atomic mass is 10.2. The number of aliphatic carboxylic acids is 1. The first-order valence-corrected chi connectivity index (χ1v) is 9.68. The van der Waals surface area contributed by atoms with Gasteiger partial charge in [-0.25, -0.2) is 18.0 Å². The standard InChI is InChI=1S/C12H22N2O5S2/c1-4-9(11(15)16)13(3)12(17)14-6-7-20-8-10(14)21(18,19)5-2/h9-10H,4-8H2,1-3H3,(H,15,16). The van der Waals surface area contributed by atoms with Crippen LogP contribution >= 0.6 is 11.8 Å². The molecule has 1 aliphatic heterocycles. The number of sulfone groups is 1. The van der Waals surface area contributed by atoms with Crippen molar-refractivity contribution in [1.29, 1.82) is 0 Å². The Hall–Kier alpha value is -0.960. The molecular weight excluding hydrogens is 316 g/mol. The number of rotatable bonds is 5. The molecule has 0 aromatic heterocycles. The lowest BCUT2D eigenvalue weighted by molar-refractivity contribution is -0.142. The molecule has 1 rings (SSSR count). The van der Waals surface area contributed by atoms with Gasteiger partial charge in [0.15, 0.2) is 9.84 Å². The van der Waals surface area contributed by atoms with E-state index in [4.69, 9.17) is 5.11 Å². The smallest absolute Gasteiger partial charge is 0.326 e. The zero-order valence-corrected chi connectivity index (χ0v) is 14.1. The van der Waals surface area contributed by atoms with Crippen LogP contribution in [0.15, 0.2) is 0 Å². The number of hydrogen-bond acceptors (Lipinski definition) is 5. The van der Waals surface area contributed by atoms with Crippen LogP contribution in [0.2, 0.25) is 0 Å². The molecule has 0 spiro atoms. The Kier molecular flexibility index (Phi) is 6.33. The number of carbonyl (C=O) groups is 2. The first-order chi connectivity index (χ1) is 9.76. The summed E-state index contributed by atoms with van der Waals surface area (Å²) in [5, 5.41) is 8.26. The molecule has 122 valence electrons. The highest BCUT2D eigenvalue weighted by atomic mass is 32.2. The van der Waals surface area contributed by atoms with Gasteiger partial charge in [-0.2, -0.15) is 11.8 Å².